The lowest BCUT2D eigenvalue weighted by molar-refractivity contribution is 0.182. The molecule has 0 saturated carbocycles. The molecule has 0 spiro atoms. The van der Waals surface area contributed by atoms with Gasteiger partial charge in [0.2, 0.25) is 0 Å². The van der Waals surface area contributed by atoms with E-state index in [1.807, 2.05) is 6.92 Å². The van der Waals surface area contributed by atoms with Gasteiger partial charge in [-0.05, 0) is 39.2 Å². The predicted octanol–water partition coefficient (Wildman–Crippen LogP) is 1.78. The van der Waals surface area contributed by atoms with Crippen molar-refractivity contribution in [1.29, 1.82) is 0 Å². The Labute approximate surface area is 76.4 Å². The fourth-order valence-electron chi connectivity index (χ4n) is 1.33. The van der Waals surface area contributed by atoms with E-state index in [-0.39, 0.29) is 6.10 Å². The summed E-state index contributed by atoms with van der Waals surface area (Å²) in [7, 11) is 0. The van der Waals surface area contributed by atoms with E-state index in [9.17, 15) is 0 Å². The quantitative estimate of drug-likeness (QED) is 0.641. The highest BCUT2D eigenvalue weighted by Crippen LogP contribution is 2.03. The first-order chi connectivity index (χ1) is 5.52. The summed E-state index contributed by atoms with van der Waals surface area (Å²) in [6, 6.07) is 0.573. The largest absolute Gasteiger partial charge is 0.393 e. The number of hydrogen-bond acceptors (Lipinski definition) is 2. The van der Waals surface area contributed by atoms with Crippen LogP contribution in [0.15, 0.2) is 0 Å². The molecule has 0 aliphatic rings. The van der Waals surface area contributed by atoms with Crippen molar-refractivity contribution in [2.24, 2.45) is 5.92 Å². The molecule has 0 aromatic rings. The van der Waals surface area contributed by atoms with E-state index in [2.05, 4.69) is 26.1 Å². The van der Waals surface area contributed by atoms with Gasteiger partial charge in [0.1, 0.15) is 0 Å². The summed E-state index contributed by atoms with van der Waals surface area (Å²) in [6.45, 7) is 9.40. The van der Waals surface area contributed by atoms with E-state index in [4.69, 9.17) is 5.11 Å². The van der Waals surface area contributed by atoms with Crippen LogP contribution in [0.5, 0.6) is 0 Å². The highest BCUT2D eigenvalue weighted by atomic mass is 16.3. The summed E-state index contributed by atoms with van der Waals surface area (Å²) in [6.07, 6.45) is 1.88. The molecule has 0 radical (unpaired) electrons. The lowest BCUT2D eigenvalue weighted by atomic mass is 10.1. The first kappa shape index (κ1) is 11.9. The molecule has 2 nitrogen and oxygen atoms in total. The average Bonchev–Trinajstić information content (AvgIpc) is 1.84. The second-order valence-electron chi connectivity index (χ2n) is 4.12. The normalized spacial score (nSPS) is 16.5. The van der Waals surface area contributed by atoms with Crippen molar-refractivity contribution in [3.8, 4) is 0 Å². The van der Waals surface area contributed by atoms with Gasteiger partial charge in [-0.2, -0.15) is 0 Å². The van der Waals surface area contributed by atoms with Crippen molar-refractivity contribution in [1.82, 2.24) is 5.32 Å². The van der Waals surface area contributed by atoms with E-state index in [0.29, 0.717) is 6.04 Å². The van der Waals surface area contributed by atoms with Crippen molar-refractivity contribution in [3.63, 3.8) is 0 Å². The smallest absolute Gasteiger partial charge is 0.0524 e. The van der Waals surface area contributed by atoms with Crippen LogP contribution < -0.4 is 5.32 Å². The van der Waals surface area contributed by atoms with Gasteiger partial charge in [-0.3, -0.25) is 0 Å². The molecular formula is C10H23NO. The van der Waals surface area contributed by atoms with Crippen molar-refractivity contribution < 1.29 is 5.11 Å². The second kappa shape index (κ2) is 6.44. The summed E-state index contributed by atoms with van der Waals surface area (Å²) in [5, 5.41) is 12.4. The van der Waals surface area contributed by atoms with Crippen LogP contribution >= 0.6 is 0 Å². The molecule has 0 aromatic heterocycles. The Morgan fingerprint density at radius 3 is 2.17 bits per heavy atom. The number of aliphatic hydroxyl groups excluding tert-OH is 1. The standard InChI is InChI=1S/C10H23NO/c1-8(2)7-9(3)11-6-5-10(4)12/h8-12H,5-7H2,1-4H3. The first-order valence-electron chi connectivity index (χ1n) is 4.93. The maximum atomic E-state index is 9.01. The molecule has 2 N–H and O–H groups in total. The Balaban J connectivity index is 3.25. The third-order valence-electron chi connectivity index (χ3n) is 1.88. The van der Waals surface area contributed by atoms with E-state index in [0.717, 1.165) is 18.9 Å². The van der Waals surface area contributed by atoms with Crippen LogP contribution in [0.2, 0.25) is 0 Å². The summed E-state index contributed by atoms with van der Waals surface area (Å²) >= 11 is 0. The molecule has 0 saturated heterocycles. The van der Waals surface area contributed by atoms with Gasteiger partial charge in [-0.25, -0.2) is 0 Å². The Bertz CT molecular complexity index is 102. The number of aliphatic hydroxyl groups is 1. The lowest BCUT2D eigenvalue weighted by Crippen LogP contribution is -2.29. The van der Waals surface area contributed by atoms with Crippen molar-refractivity contribution in [3.05, 3.63) is 0 Å². The lowest BCUT2D eigenvalue weighted by Gasteiger charge is -2.16. The third kappa shape index (κ3) is 8.02. The van der Waals surface area contributed by atoms with Gasteiger partial charge in [-0.15, -0.1) is 0 Å². The fourth-order valence-corrected chi connectivity index (χ4v) is 1.33. The second-order valence-corrected chi connectivity index (χ2v) is 4.12. The van der Waals surface area contributed by atoms with Crippen molar-refractivity contribution in [2.75, 3.05) is 6.54 Å². The zero-order chi connectivity index (χ0) is 9.56. The monoisotopic (exact) mass is 173 g/mol. The molecule has 12 heavy (non-hydrogen) atoms. The molecule has 0 aromatic carbocycles. The Morgan fingerprint density at radius 1 is 1.17 bits per heavy atom. The van der Waals surface area contributed by atoms with Crippen LogP contribution in [0.4, 0.5) is 0 Å². The van der Waals surface area contributed by atoms with Gasteiger partial charge in [0.05, 0.1) is 6.10 Å². The molecule has 0 heterocycles. The van der Waals surface area contributed by atoms with Gasteiger partial charge in [0.25, 0.3) is 0 Å². The Morgan fingerprint density at radius 2 is 1.75 bits per heavy atom. The summed E-state index contributed by atoms with van der Waals surface area (Å²) in [5.74, 6) is 0.749. The third-order valence-corrected chi connectivity index (χ3v) is 1.88. The van der Waals surface area contributed by atoms with Gasteiger partial charge in [0.15, 0.2) is 0 Å². The molecule has 74 valence electrons. The molecule has 0 fully saturated rings. The number of hydrogen-bond donors (Lipinski definition) is 2. The molecule has 2 atom stereocenters. The predicted molar refractivity (Wildman–Crippen MR) is 53.2 cm³/mol. The highest BCUT2D eigenvalue weighted by Gasteiger charge is 2.03. The van der Waals surface area contributed by atoms with E-state index in [1.54, 1.807) is 0 Å². The van der Waals surface area contributed by atoms with Crippen LogP contribution in [-0.4, -0.2) is 23.8 Å². The minimum Gasteiger partial charge on any atom is -0.393 e. The van der Waals surface area contributed by atoms with Crippen LogP contribution in [-0.2, 0) is 0 Å². The van der Waals surface area contributed by atoms with Crippen LogP contribution in [0.25, 0.3) is 0 Å². The van der Waals surface area contributed by atoms with Crippen LogP contribution in [0, 0.1) is 5.92 Å². The van der Waals surface area contributed by atoms with Gasteiger partial charge < -0.3 is 10.4 Å². The van der Waals surface area contributed by atoms with Gasteiger partial charge in [0, 0.05) is 6.04 Å². The van der Waals surface area contributed by atoms with Crippen LogP contribution in [0.1, 0.15) is 40.5 Å². The SMILES string of the molecule is CC(C)CC(C)NCCC(C)O. The molecular weight excluding hydrogens is 150 g/mol. The molecule has 2 heteroatoms. The Kier molecular flexibility index (Phi) is 6.39. The average molecular weight is 173 g/mol. The minimum absolute atomic E-state index is 0.177. The molecule has 0 aliphatic carbocycles. The zero-order valence-electron chi connectivity index (χ0n) is 8.80. The summed E-state index contributed by atoms with van der Waals surface area (Å²) in [5.41, 5.74) is 0. The highest BCUT2D eigenvalue weighted by molar-refractivity contribution is 4.63. The minimum atomic E-state index is -0.177. The molecule has 0 rings (SSSR count). The number of rotatable bonds is 6. The fraction of sp³-hybridized carbons (Fsp3) is 1.00. The van der Waals surface area contributed by atoms with Crippen molar-refractivity contribution in [2.45, 2.75) is 52.7 Å². The zero-order valence-corrected chi connectivity index (χ0v) is 8.80. The van der Waals surface area contributed by atoms with Crippen LogP contribution in [0.3, 0.4) is 0 Å². The van der Waals surface area contributed by atoms with Gasteiger partial charge >= 0.3 is 0 Å². The summed E-state index contributed by atoms with van der Waals surface area (Å²) < 4.78 is 0. The van der Waals surface area contributed by atoms with E-state index >= 15 is 0 Å². The molecule has 0 aliphatic heterocycles. The molecule has 2 unspecified atom stereocenters. The van der Waals surface area contributed by atoms with Crippen molar-refractivity contribution >= 4 is 0 Å². The maximum Gasteiger partial charge on any atom is 0.0524 e. The van der Waals surface area contributed by atoms with E-state index < -0.39 is 0 Å². The number of nitrogens with one attached hydrogen (secondary N) is 1. The Hall–Kier alpha value is -0.0800. The molecule has 0 amide bonds. The first-order valence-corrected chi connectivity index (χ1v) is 4.93. The molecule has 0 bridgehead atoms. The summed E-state index contributed by atoms with van der Waals surface area (Å²) in [4.78, 5) is 0. The van der Waals surface area contributed by atoms with Gasteiger partial charge in [-0.1, -0.05) is 13.8 Å². The topological polar surface area (TPSA) is 32.3 Å². The maximum absolute atomic E-state index is 9.01. The van der Waals surface area contributed by atoms with E-state index in [1.165, 1.54) is 6.42 Å².